The van der Waals surface area contributed by atoms with E-state index in [0.717, 1.165) is 6.07 Å². The molecule has 2 nitrogen and oxygen atoms in total. The first kappa shape index (κ1) is 12.0. The zero-order chi connectivity index (χ0) is 12.5. The number of rotatable bonds is 1. The maximum Gasteiger partial charge on any atom is 0.416 e. The zero-order valence-corrected chi connectivity index (χ0v) is 9.05. The van der Waals surface area contributed by atoms with Crippen molar-refractivity contribution in [1.29, 1.82) is 0 Å². The normalized spacial score (nSPS) is 21.1. The highest BCUT2D eigenvalue weighted by Gasteiger charge is 2.35. The third kappa shape index (κ3) is 2.60. The van der Waals surface area contributed by atoms with E-state index in [4.69, 9.17) is 0 Å². The van der Waals surface area contributed by atoms with Crippen molar-refractivity contribution in [2.24, 2.45) is 0 Å². The first-order chi connectivity index (χ1) is 7.98. The van der Waals surface area contributed by atoms with E-state index in [1.807, 2.05) is 0 Å². The van der Waals surface area contributed by atoms with E-state index in [1.54, 1.807) is 6.07 Å². The molecule has 1 saturated heterocycles. The van der Waals surface area contributed by atoms with Crippen molar-refractivity contribution >= 4 is 5.91 Å². The Morgan fingerprint density at radius 1 is 1.24 bits per heavy atom. The molecule has 0 spiro atoms. The summed E-state index contributed by atoms with van der Waals surface area (Å²) in [7, 11) is 0. The van der Waals surface area contributed by atoms with Crippen LogP contribution in [0.3, 0.4) is 0 Å². The molecule has 0 saturated carbocycles. The third-order valence-corrected chi connectivity index (χ3v) is 2.97. The average Bonchev–Trinajstić information content (AvgIpc) is 2.29. The van der Waals surface area contributed by atoms with Crippen molar-refractivity contribution in [2.75, 3.05) is 6.54 Å². The lowest BCUT2D eigenvalue weighted by Crippen LogP contribution is -2.34. The van der Waals surface area contributed by atoms with Crippen molar-refractivity contribution in [3.63, 3.8) is 0 Å². The van der Waals surface area contributed by atoms with Gasteiger partial charge in [0.25, 0.3) is 0 Å². The Morgan fingerprint density at radius 2 is 1.94 bits per heavy atom. The van der Waals surface area contributed by atoms with E-state index in [2.05, 4.69) is 5.32 Å². The number of halogens is 3. The Kier molecular flexibility index (Phi) is 3.09. The van der Waals surface area contributed by atoms with Crippen molar-refractivity contribution in [3.8, 4) is 0 Å². The molecule has 1 amide bonds. The molecule has 1 aromatic carbocycles. The number of benzene rings is 1. The van der Waals surface area contributed by atoms with Gasteiger partial charge >= 0.3 is 6.18 Å². The lowest BCUT2D eigenvalue weighted by molar-refractivity contribution is -0.138. The summed E-state index contributed by atoms with van der Waals surface area (Å²) < 4.78 is 38.4. The van der Waals surface area contributed by atoms with E-state index in [-0.39, 0.29) is 30.4 Å². The minimum absolute atomic E-state index is 0.0919. The second-order valence-corrected chi connectivity index (χ2v) is 4.12. The van der Waals surface area contributed by atoms with Crippen molar-refractivity contribution in [3.05, 3.63) is 35.4 Å². The number of piperidine rings is 1. The highest BCUT2D eigenvalue weighted by molar-refractivity contribution is 5.76. The molecular formula is C12H12F3NO. The topological polar surface area (TPSA) is 29.1 Å². The van der Waals surface area contributed by atoms with Gasteiger partial charge in [0.1, 0.15) is 0 Å². The van der Waals surface area contributed by atoms with Gasteiger partial charge in [0.05, 0.1) is 5.56 Å². The molecular weight excluding hydrogens is 231 g/mol. The maximum atomic E-state index is 12.8. The molecule has 0 aliphatic carbocycles. The first-order valence-corrected chi connectivity index (χ1v) is 5.41. The highest BCUT2D eigenvalue weighted by atomic mass is 19.4. The zero-order valence-electron chi connectivity index (χ0n) is 9.05. The van der Waals surface area contributed by atoms with Crippen LogP contribution in [0, 0.1) is 0 Å². The second kappa shape index (κ2) is 4.39. The standard InChI is InChI=1S/C12H12F3NO/c13-12(14,15)10-4-2-1-3-9(10)8-5-6-11(17)16-7-8/h1-4,8H,5-7H2,(H,16,17). The Morgan fingerprint density at radius 3 is 2.53 bits per heavy atom. The van der Waals surface area contributed by atoms with E-state index in [9.17, 15) is 18.0 Å². The lowest BCUT2D eigenvalue weighted by Gasteiger charge is -2.25. The first-order valence-electron chi connectivity index (χ1n) is 5.41. The molecule has 1 unspecified atom stereocenters. The summed E-state index contributed by atoms with van der Waals surface area (Å²) in [6, 6.07) is 5.56. The van der Waals surface area contributed by atoms with Crippen LogP contribution in [0.15, 0.2) is 24.3 Å². The third-order valence-electron chi connectivity index (χ3n) is 2.97. The molecule has 0 radical (unpaired) electrons. The van der Waals surface area contributed by atoms with Crippen molar-refractivity contribution < 1.29 is 18.0 Å². The van der Waals surface area contributed by atoms with Gasteiger partial charge in [-0.05, 0) is 18.1 Å². The summed E-state index contributed by atoms with van der Waals surface area (Å²) in [6.45, 7) is 0.284. The molecule has 1 fully saturated rings. The van der Waals surface area contributed by atoms with Crippen molar-refractivity contribution in [1.82, 2.24) is 5.32 Å². The van der Waals surface area contributed by atoms with Gasteiger partial charge in [0, 0.05) is 18.9 Å². The number of amides is 1. The fourth-order valence-corrected chi connectivity index (χ4v) is 2.11. The van der Waals surface area contributed by atoms with Crippen LogP contribution in [0.25, 0.3) is 0 Å². The summed E-state index contributed by atoms with van der Waals surface area (Å²) in [6.07, 6.45) is -3.58. The Labute approximate surface area is 96.8 Å². The van der Waals surface area contributed by atoms with Crippen LogP contribution >= 0.6 is 0 Å². The quantitative estimate of drug-likeness (QED) is 0.807. The highest BCUT2D eigenvalue weighted by Crippen LogP contribution is 2.36. The smallest absolute Gasteiger partial charge is 0.355 e. The number of hydrogen-bond donors (Lipinski definition) is 1. The summed E-state index contributed by atoms with van der Waals surface area (Å²) in [4.78, 5) is 11.0. The van der Waals surface area contributed by atoms with Crippen molar-refractivity contribution in [2.45, 2.75) is 24.9 Å². The number of nitrogens with one attached hydrogen (secondary N) is 1. The number of carbonyl (C=O) groups is 1. The predicted molar refractivity (Wildman–Crippen MR) is 56.4 cm³/mol. The van der Waals surface area contributed by atoms with Crippen LogP contribution < -0.4 is 5.32 Å². The van der Waals surface area contributed by atoms with Crippen LogP contribution in [0.2, 0.25) is 0 Å². The molecule has 1 N–H and O–H groups in total. The minimum atomic E-state index is -4.34. The van der Waals surface area contributed by atoms with Crippen LogP contribution in [0.4, 0.5) is 13.2 Å². The number of hydrogen-bond acceptors (Lipinski definition) is 1. The molecule has 1 aliphatic rings. The fourth-order valence-electron chi connectivity index (χ4n) is 2.11. The van der Waals surface area contributed by atoms with E-state index < -0.39 is 11.7 Å². The number of alkyl halides is 3. The van der Waals surface area contributed by atoms with Crippen LogP contribution in [-0.2, 0) is 11.0 Å². The summed E-state index contributed by atoms with van der Waals surface area (Å²) in [5, 5.41) is 2.60. The van der Waals surface area contributed by atoms with Gasteiger partial charge in [-0.25, -0.2) is 0 Å². The summed E-state index contributed by atoms with van der Waals surface area (Å²) in [5.41, 5.74) is -0.318. The lowest BCUT2D eigenvalue weighted by atomic mass is 9.88. The monoisotopic (exact) mass is 243 g/mol. The molecule has 1 aliphatic heterocycles. The Balaban J connectivity index is 2.29. The maximum absolute atomic E-state index is 12.8. The average molecular weight is 243 g/mol. The molecule has 2 rings (SSSR count). The molecule has 5 heteroatoms. The van der Waals surface area contributed by atoms with Crippen LogP contribution in [0.1, 0.15) is 29.9 Å². The molecule has 0 aromatic heterocycles. The SMILES string of the molecule is O=C1CCC(c2ccccc2C(F)(F)F)CN1. The summed E-state index contributed by atoms with van der Waals surface area (Å²) in [5.74, 6) is -0.337. The largest absolute Gasteiger partial charge is 0.416 e. The van der Waals surface area contributed by atoms with Gasteiger partial charge in [-0.1, -0.05) is 18.2 Å². The minimum Gasteiger partial charge on any atom is -0.355 e. The Hall–Kier alpha value is -1.52. The molecule has 1 aromatic rings. The molecule has 1 atom stereocenters. The van der Waals surface area contributed by atoms with E-state index >= 15 is 0 Å². The molecule has 0 bridgehead atoms. The van der Waals surface area contributed by atoms with Gasteiger partial charge in [0.15, 0.2) is 0 Å². The van der Waals surface area contributed by atoms with E-state index in [0.29, 0.717) is 6.42 Å². The van der Waals surface area contributed by atoms with Gasteiger partial charge in [-0.2, -0.15) is 13.2 Å². The van der Waals surface area contributed by atoms with Crippen LogP contribution in [-0.4, -0.2) is 12.5 Å². The summed E-state index contributed by atoms with van der Waals surface area (Å²) >= 11 is 0. The van der Waals surface area contributed by atoms with Gasteiger partial charge in [-0.15, -0.1) is 0 Å². The van der Waals surface area contributed by atoms with Gasteiger partial charge in [-0.3, -0.25) is 4.79 Å². The van der Waals surface area contributed by atoms with Gasteiger partial charge in [0.2, 0.25) is 5.91 Å². The van der Waals surface area contributed by atoms with Gasteiger partial charge < -0.3 is 5.32 Å². The second-order valence-electron chi connectivity index (χ2n) is 4.12. The fraction of sp³-hybridized carbons (Fsp3) is 0.417. The van der Waals surface area contributed by atoms with Crippen LogP contribution in [0.5, 0.6) is 0 Å². The van der Waals surface area contributed by atoms with E-state index in [1.165, 1.54) is 12.1 Å². The Bertz CT molecular complexity index is 418. The molecule has 1 heterocycles. The molecule has 17 heavy (non-hydrogen) atoms. The number of carbonyl (C=O) groups excluding carboxylic acids is 1. The predicted octanol–water partition coefficient (Wildman–Crippen LogP) is 2.70. The molecule has 92 valence electrons.